The Morgan fingerprint density at radius 1 is 1.32 bits per heavy atom. The van der Waals surface area contributed by atoms with E-state index in [1.165, 1.54) is 11.3 Å². The molecule has 1 rings (SSSR count). The standard InChI is InChI=1S/C14H22N2O2S/c1-3-11(4-2)16-13(17)8-5-9-15-14(18)12-7-6-10-19-12/h6-7,10-11H,3-5,8-9H2,1-2H3,(H,15,18)(H,16,17). The number of nitrogens with one attached hydrogen (secondary N) is 2. The molecule has 0 aliphatic rings. The Morgan fingerprint density at radius 2 is 2.05 bits per heavy atom. The quantitative estimate of drug-likeness (QED) is 0.720. The minimum Gasteiger partial charge on any atom is -0.353 e. The van der Waals surface area contributed by atoms with Crippen LogP contribution in [-0.4, -0.2) is 24.4 Å². The van der Waals surface area contributed by atoms with Gasteiger partial charge in [-0.2, -0.15) is 0 Å². The molecule has 0 saturated heterocycles. The van der Waals surface area contributed by atoms with Crippen LogP contribution in [0.4, 0.5) is 0 Å². The minimum atomic E-state index is -0.0598. The molecule has 1 aromatic rings. The Hall–Kier alpha value is -1.36. The van der Waals surface area contributed by atoms with Gasteiger partial charge < -0.3 is 10.6 Å². The van der Waals surface area contributed by atoms with Gasteiger partial charge in [-0.15, -0.1) is 11.3 Å². The molecule has 106 valence electrons. The predicted octanol–water partition coefficient (Wildman–Crippen LogP) is 2.56. The van der Waals surface area contributed by atoms with Gasteiger partial charge in [0.05, 0.1) is 4.88 Å². The Morgan fingerprint density at radius 3 is 2.63 bits per heavy atom. The molecule has 0 saturated carbocycles. The number of hydrogen-bond donors (Lipinski definition) is 2. The molecule has 0 aliphatic heterocycles. The van der Waals surface area contributed by atoms with Gasteiger partial charge >= 0.3 is 0 Å². The molecule has 19 heavy (non-hydrogen) atoms. The summed E-state index contributed by atoms with van der Waals surface area (Å²) in [7, 11) is 0. The average Bonchev–Trinajstić information content (AvgIpc) is 2.94. The van der Waals surface area contributed by atoms with E-state index in [0.29, 0.717) is 24.3 Å². The third kappa shape index (κ3) is 5.87. The van der Waals surface area contributed by atoms with Crippen LogP contribution < -0.4 is 10.6 Å². The zero-order chi connectivity index (χ0) is 14.1. The van der Waals surface area contributed by atoms with Crippen molar-refractivity contribution in [1.82, 2.24) is 10.6 Å². The molecule has 2 amide bonds. The van der Waals surface area contributed by atoms with Crippen LogP contribution >= 0.6 is 11.3 Å². The Balaban J connectivity index is 2.13. The SMILES string of the molecule is CCC(CC)NC(=O)CCCNC(=O)c1cccs1. The fourth-order valence-corrected chi connectivity index (χ4v) is 2.38. The van der Waals surface area contributed by atoms with Crippen molar-refractivity contribution in [2.75, 3.05) is 6.54 Å². The van der Waals surface area contributed by atoms with Crippen LogP contribution in [0.2, 0.25) is 0 Å². The van der Waals surface area contributed by atoms with Crippen molar-refractivity contribution < 1.29 is 9.59 Å². The number of carbonyl (C=O) groups excluding carboxylic acids is 2. The van der Waals surface area contributed by atoms with Gasteiger partial charge in [0.25, 0.3) is 5.91 Å². The first-order chi connectivity index (χ1) is 9.17. The lowest BCUT2D eigenvalue weighted by molar-refractivity contribution is -0.121. The molecule has 0 aliphatic carbocycles. The summed E-state index contributed by atoms with van der Waals surface area (Å²) in [6, 6.07) is 3.91. The maximum atomic E-state index is 11.6. The fraction of sp³-hybridized carbons (Fsp3) is 0.571. The Bertz CT molecular complexity index is 386. The molecule has 4 nitrogen and oxygen atoms in total. The van der Waals surface area contributed by atoms with E-state index in [0.717, 1.165) is 12.8 Å². The molecule has 0 aromatic carbocycles. The summed E-state index contributed by atoms with van der Waals surface area (Å²) >= 11 is 1.42. The lowest BCUT2D eigenvalue weighted by Crippen LogP contribution is -2.34. The van der Waals surface area contributed by atoms with Gasteiger partial charge in [0, 0.05) is 19.0 Å². The van der Waals surface area contributed by atoms with Gasteiger partial charge in [-0.3, -0.25) is 9.59 Å². The number of thiophene rings is 1. The van der Waals surface area contributed by atoms with Crippen LogP contribution in [0.3, 0.4) is 0 Å². The molecular formula is C14H22N2O2S. The number of rotatable bonds is 8. The van der Waals surface area contributed by atoms with Gasteiger partial charge in [0.15, 0.2) is 0 Å². The van der Waals surface area contributed by atoms with Crippen LogP contribution in [0.25, 0.3) is 0 Å². The maximum absolute atomic E-state index is 11.6. The monoisotopic (exact) mass is 282 g/mol. The van der Waals surface area contributed by atoms with E-state index in [4.69, 9.17) is 0 Å². The van der Waals surface area contributed by atoms with Crippen LogP contribution in [0, 0.1) is 0 Å². The third-order valence-electron chi connectivity index (χ3n) is 2.96. The molecule has 2 N–H and O–H groups in total. The van der Waals surface area contributed by atoms with Gasteiger partial charge in [-0.1, -0.05) is 19.9 Å². The first-order valence-electron chi connectivity index (χ1n) is 6.78. The maximum Gasteiger partial charge on any atom is 0.261 e. The molecule has 0 radical (unpaired) electrons. The second-order valence-corrected chi connectivity index (χ2v) is 5.37. The summed E-state index contributed by atoms with van der Waals surface area (Å²) in [5.41, 5.74) is 0. The molecule has 5 heteroatoms. The van der Waals surface area contributed by atoms with Crippen molar-refractivity contribution >= 4 is 23.2 Å². The van der Waals surface area contributed by atoms with E-state index in [2.05, 4.69) is 24.5 Å². The highest BCUT2D eigenvalue weighted by atomic mass is 32.1. The summed E-state index contributed by atoms with van der Waals surface area (Å²) in [6.07, 6.45) is 3.04. The van der Waals surface area contributed by atoms with Crippen molar-refractivity contribution in [2.24, 2.45) is 0 Å². The molecule has 0 atom stereocenters. The largest absolute Gasteiger partial charge is 0.353 e. The van der Waals surface area contributed by atoms with E-state index in [1.54, 1.807) is 6.07 Å². The van der Waals surface area contributed by atoms with Gasteiger partial charge in [0.1, 0.15) is 0 Å². The second-order valence-electron chi connectivity index (χ2n) is 4.42. The van der Waals surface area contributed by atoms with Crippen molar-refractivity contribution in [1.29, 1.82) is 0 Å². The number of amides is 2. The highest BCUT2D eigenvalue weighted by Crippen LogP contribution is 2.07. The van der Waals surface area contributed by atoms with Gasteiger partial charge in [-0.05, 0) is 30.7 Å². The highest BCUT2D eigenvalue weighted by molar-refractivity contribution is 7.12. The summed E-state index contributed by atoms with van der Waals surface area (Å²) in [4.78, 5) is 24.0. The van der Waals surface area contributed by atoms with Crippen LogP contribution in [-0.2, 0) is 4.79 Å². The van der Waals surface area contributed by atoms with E-state index in [9.17, 15) is 9.59 Å². The van der Waals surface area contributed by atoms with Crippen LogP contribution in [0.1, 0.15) is 49.2 Å². The third-order valence-corrected chi connectivity index (χ3v) is 3.83. The summed E-state index contributed by atoms with van der Waals surface area (Å²) in [5, 5.41) is 7.67. The van der Waals surface area contributed by atoms with Crippen LogP contribution in [0.5, 0.6) is 0 Å². The first-order valence-corrected chi connectivity index (χ1v) is 7.66. The number of carbonyl (C=O) groups is 2. The zero-order valence-corrected chi connectivity index (χ0v) is 12.4. The molecular weight excluding hydrogens is 260 g/mol. The zero-order valence-electron chi connectivity index (χ0n) is 11.6. The smallest absolute Gasteiger partial charge is 0.261 e. The summed E-state index contributed by atoms with van der Waals surface area (Å²) < 4.78 is 0. The topological polar surface area (TPSA) is 58.2 Å². The molecule has 0 spiro atoms. The van der Waals surface area contributed by atoms with E-state index in [-0.39, 0.29) is 17.9 Å². The predicted molar refractivity (Wildman–Crippen MR) is 78.4 cm³/mol. The molecule has 1 aromatic heterocycles. The van der Waals surface area contributed by atoms with E-state index >= 15 is 0 Å². The summed E-state index contributed by atoms with van der Waals surface area (Å²) in [5.74, 6) is 0.00877. The lowest BCUT2D eigenvalue weighted by atomic mass is 10.1. The van der Waals surface area contributed by atoms with Crippen molar-refractivity contribution in [3.63, 3.8) is 0 Å². The van der Waals surface area contributed by atoms with Crippen molar-refractivity contribution in [3.8, 4) is 0 Å². The van der Waals surface area contributed by atoms with E-state index < -0.39 is 0 Å². The highest BCUT2D eigenvalue weighted by Gasteiger charge is 2.09. The Kier molecular flexibility index (Phi) is 7.18. The Labute approximate surface area is 118 Å². The minimum absolute atomic E-state index is 0.0598. The molecule has 0 unspecified atom stereocenters. The molecule has 0 fully saturated rings. The van der Waals surface area contributed by atoms with Gasteiger partial charge in [0.2, 0.25) is 5.91 Å². The van der Waals surface area contributed by atoms with Crippen LogP contribution in [0.15, 0.2) is 17.5 Å². The van der Waals surface area contributed by atoms with Crippen molar-refractivity contribution in [3.05, 3.63) is 22.4 Å². The lowest BCUT2D eigenvalue weighted by Gasteiger charge is -2.14. The van der Waals surface area contributed by atoms with Gasteiger partial charge in [-0.25, -0.2) is 0 Å². The number of hydrogen-bond acceptors (Lipinski definition) is 3. The molecule has 0 bridgehead atoms. The average molecular weight is 282 g/mol. The normalized spacial score (nSPS) is 10.5. The first kappa shape index (κ1) is 15.7. The second kappa shape index (κ2) is 8.69. The molecule has 1 heterocycles. The summed E-state index contributed by atoms with van der Waals surface area (Å²) in [6.45, 7) is 4.67. The van der Waals surface area contributed by atoms with Crippen molar-refractivity contribution in [2.45, 2.75) is 45.6 Å². The van der Waals surface area contributed by atoms with E-state index in [1.807, 2.05) is 11.4 Å². The fourth-order valence-electron chi connectivity index (χ4n) is 1.74.